The second-order valence-corrected chi connectivity index (χ2v) is 1.46. The molecule has 0 aliphatic heterocycles. The maximum atomic E-state index is 10.1. The summed E-state index contributed by atoms with van der Waals surface area (Å²) in [5.41, 5.74) is 0. The van der Waals surface area contributed by atoms with Crippen LogP contribution in [0.1, 0.15) is 13.8 Å². The largest absolute Gasteiger partial charge is 0.435 e. The summed E-state index contributed by atoms with van der Waals surface area (Å²) < 4.78 is 4.47. The Bertz CT molecular complexity index is 134. The highest BCUT2D eigenvalue weighted by Crippen LogP contribution is 1.79. The molecule has 0 bridgehead atoms. The topological polar surface area (TPSA) is 26.3 Å². The van der Waals surface area contributed by atoms with Crippen molar-refractivity contribution in [2.75, 3.05) is 0 Å². The Kier molecular flexibility index (Phi) is 4.50. The zero-order valence-electron chi connectivity index (χ0n) is 5.63. The van der Waals surface area contributed by atoms with Crippen molar-refractivity contribution in [1.82, 2.24) is 0 Å². The average molecular weight is 126 g/mol. The van der Waals surface area contributed by atoms with Crippen molar-refractivity contribution in [3.63, 3.8) is 0 Å². The van der Waals surface area contributed by atoms with E-state index in [0.29, 0.717) is 0 Å². The van der Waals surface area contributed by atoms with E-state index in [4.69, 9.17) is 0 Å². The summed E-state index contributed by atoms with van der Waals surface area (Å²) in [6, 6.07) is 0. The number of esters is 1. The summed E-state index contributed by atoms with van der Waals surface area (Å²) >= 11 is 0. The van der Waals surface area contributed by atoms with Gasteiger partial charge in [-0.1, -0.05) is 12.2 Å². The number of hydrogen-bond donors (Lipinski definition) is 0. The highest BCUT2D eigenvalue weighted by atomic mass is 16.5. The van der Waals surface area contributed by atoms with Crippen molar-refractivity contribution in [1.29, 1.82) is 0 Å². The van der Waals surface area contributed by atoms with Crippen LogP contribution < -0.4 is 0 Å². The Morgan fingerprint density at radius 1 is 1.44 bits per heavy atom. The number of carbonyl (C=O) groups excluding carboxylic acids is 1. The summed E-state index contributed by atoms with van der Waals surface area (Å²) in [5.74, 6) is -0.296. The predicted molar refractivity (Wildman–Crippen MR) is 35.7 cm³/mol. The van der Waals surface area contributed by atoms with Crippen LogP contribution in [-0.4, -0.2) is 5.97 Å². The number of hydrogen-bond acceptors (Lipinski definition) is 2. The van der Waals surface area contributed by atoms with Gasteiger partial charge in [-0.05, 0) is 13.0 Å². The van der Waals surface area contributed by atoms with Gasteiger partial charge in [0.2, 0.25) is 0 Å². The van der Waals surface area contributed by atoms with Crippen LogP contribution in [0.25, 0.3) is 0 Å². The monoisotopic (exact) mass is 126 g/mol. The molecular weight excluding hydrogens is 116 g/mol. The number of rotatable bonds is 2. The van der Waals surface area contributed by atoms with E-state index in [1.807, 2.05) is 13.0 Å². The minimum Gasteiger partial charge on any atom is -0.435 e. The maximum absolute atomic E-state index is 10.1. The van der Waals surface area contributed by atoms with Crippen LogP contribution in [0.2, 0.25) is 0 Å². The number of ether oxygens (including phenoxy) is 1. The van der Waals surface area contributed by atoms with Crippen molar-refractivity contribution in [2.24, 2.45) is 0 Å². The van der Waals surface area contributed by atoms with Gasteiger partial charge in [0.15, 0.2) is 0 Å². The van der Waals surface area contributed by atoms with Crippen LogP contribution in [0.3, 0.4) is 0 Å². The summed E-state index contributed by atoms with van der Waals surface area (Å²) in [7, 11) is 0. The fourth-order valence-electron chi connectivity index (χ4n) is 0.292. The molecule has 0 heterocycles. The molecule has 0 saturated heterocycles. The lowest BCUT2D eigenvalue weighted by molar-refractivity contribution is -0.135. The fourth-order valence-corrected chi connectivity index (χ4v) is 0.292. The normalized spacial score (nSPS) is 10.9. The Labute approximate surface area is 54.8 Å². The van der Waals surface area contributed by atoms with Crippen molar-refractivity contribution in [3.05, 3.63) is 24.5 Å². The lowest BCUT2D eigenvalue weighted by Gasteiger charge is -1.86. The van der Waals surface area contributed by atoms with Crippen LogP contribution >= 0.6 is 0 Å². The molecular formula is C7H10O2. The zero-order chi connectivity index (χ0) is 7.11. The number of allylic oxidation sites excluding steroid dienone is 3. The molecule has 0 aromatic carbocycles. The van der Waals surface area contributed by atoms with E-state index in [2.05, 4.69) is 4.74 Å². The maximum Gasteiger partial charge on any atom is 0.307 e. The van der Waals surface area contributed by atoms with Crippen molar-refractivity contribution < 1.29 is 9.53 Å². The van der Waals surface area contributed by atoms with E-state index in [1.54, 1.807) is 12.2 Å². The molecule has 2 heteroatoms. The molecule has 0 aliphatic carbocycles. The molecule has 2 nitrogen and oxygen atoms in total. The molecule has 0 spiro atoms. The van der Waals surface area contributed by atoms with Gasteiger partial charge in [-0.25, -0.2) is 0 Å². The van der Waals surface area contributed by atoms with Gasteiger partial charge in [0.1, 0.15) is 0 Å². The van der Waals surface area contributed by atoms with E-state index in [-0.39, 0.29) is 5.97 Å². The highest BCUT2D eigenvalue weighted by molar-refractivity contribution is 5.66. The first-order valence-corrected chi connectivity index (χ1v) is 2.72. The van der Waals surface area contributed by atoms with Crippen molar-refractivity contribution in [3.8, 4) is 0 Å². The third kappa shape index (κ3) is 6.95. The third-order valence-electron chi connectivity index (χ3n) is 0.616. The lowest BCUT2D eigenvalue weighted by Crippen LogP contribution is -1.88. The molecule has 0 aromatic rings. The molecule has 0 rings (SSSR count). The average Bonchev–Trinajstić information content (AvgIpc) is 1.80. The van der Waals surface area contributed by atoms with Crippen LogP contribution in [0.15, 0.2) is 24.5 Å². The van der Waals surface area contributed by atoms with E-state index >= 15 is 0 Å². The van der Waals surface area contributed by atoms with Gasteiger partial charge < -0.3 is 4.74 Å². The molecule has 9 heavy (non-hydrogen) atoms. The summed E-state index contributed by atoms with van der Waals surface area (Å²) in [5, 5.41) is 0. The van der Waals surface area contributed by atoms with Gasteiger partial charge in [-0.15, -0.1) is 0 Å². The highest BCUT2D eigenvalue weighted by Gasteiger charge is 1.81. The van der Waals surface area contributed by atoms with E-state index in [0.717, 1.165) is 0 Å². The van der Waals surface area contributed by atoms with Gasteiger partial charge in [-0.2, -0.15) is 0 Å². The molecule has 0 N–H and O–H groups in total. The van der Waals surface area contributed by atoms with Crippen molar-refractivity contribution in [2.45, 2.75) is 13.8 Å². The predicted octanol–water partition coefficient (Wildman–Crippen LogP) is 1.64. The molecule has 50 valence electrons. The third-order valence-corrected chi connectivity index (χ3v) is 0.616. The quantitative estimate of drug-likeness (QED) is 0.319. The number of carbonyl (C=O) groups is 1. The molecule has 0 radical (unpaired) electrons. The first kappa shape index (κ1) is 7.95. The molecule has 0 aliphatic rings. The van der Waals surface area contributed by atoms with E-state index in [9.17, 15) is 4.79 Å². The first-order valence-electron chi connectivity index (χ1n) is 2.72. The molecule has 0 fully saturated rings. The van der Waals surface area contributed by atoms with Gasteiger partial charge >= 0.3 is 5.97 Å². The Morgan fingerprint density at radius 3 is 2.56 bits per heavy atom. The first-order chi connectivity index (χ1) is 4.27. The van der Waals surface area contributed by atoms with E-state index in [1.165, 1.54) is 13.2 Å². The standard InChI is InChI=1S/C7H10O2/c1-3-4-5-6-9-7(2)8/h3-6H,1-2H3/b4-3+,6-5+. The minimum absolute atomic E-state index is 0.296. The van der Waals surface area contributed by atoms with Crippen molar-refractivity contribution >= 4 is 5.97 Å². The van der Waals surface area contributed by atoms with Crippen LogP contribution in [-0.2, 0) is 9.53 Å². The second kappa shape index (κ2) is 5.09. The summed E-state index contributed by atoms with van der Waals surface area (Å²) in [4.78, 5) is 10.1. The molecule has 0 saturated carbocycles. The summed E-state index contributed by atoms with van der Waals surface area (Å²) in [6.45, 7) is 3.25. The molecule has 0 aromatic heterocycles. The smallest absolute Gasteiger partial charge is 0.307 e. The fraction of sp³-hybridized carbons (Fsp3) is 0.286. The minimum atomic E-state index is -0.296. The van der Waals surface area contributed by atoms with Crippen LogP contribution in [0, 0.1) is 0 Å². The molecule has 0 amide bonds. The van der Waals surface area contributed by atoms with Crippen LogP contribution in [0.4, 0.5) is 0 Å². The molecule has 0 unspecified atom stereocenters. The molecule has 0 atom stereocenters. The van der Waals surface area contributed by atoms with Gasteiger partial charge in [-0.3, -0.25) is 4.79 Å². The Hall–Kier alpha value is -1.05. The van der Waals surface area contributed by atoms with Gasteiger partial charge in [0.25, 0.3) is 0 Å². The van der Waals surface area contributed by atoms with Gasteiger partial charge in [0, 0.05) is 6.92 Å². The Balaban J connectivity index is 3.36. The SMILES string of the molecule is C/C=C/C=C/OC(C)=O. The van der Waals surface area contributed by atoms with Gasteiger partial charge in [0.05, 0.1) is 6.26 Å². The second-order valence-electron chi connectivity index (χ2n) is 1.46. The summed E-state index contributed by atoms with van der Waals surface area (Å²) in [6.07, 6.45) is 6.63. The van der Waals surface area contributed by atoms with E-state index < -0.39 is 0 Å². The Morgan fingerprint density at radius 2 is 2.11 bits per heavy atom. The van der Waals surface area contributed by atoms with Crippen LogP contribution in [0.5, 0.6) is 0 Å². The zero-order valence-corrected chi connectivity index (χ0v) is 5.63. The lowest BCUT2D eigenvalue weighted by atomic mass is 10.5.